The van der Waals surface area contributed by atoms with Crippen molar-refractivity contribution in [2.75, 3.05) is 0 Å². The minimum absolute atomic E-state index is 0.0478. The molecule has 2 rings (SSSR count). The first kappa shape index (κ1) is 14.1. The number of hydrogen-bond acceptors (Lipinski definition) is 1. The molecule has 0 aliphatic carbocycles. The van der Waals surface area contributed by atoms with Gasteiger partial charge in [0.05, 0.1) is 6.04 Å². The zero-order chi connectivity index (χ0) is 14.2. The second-order valence-electron chi connectivity index (χ2n) is 4.24. The van der Waals surface area contributed by atoms with Gasteiger partial charge in [-0.15, -0.1) is 0 Å². The third-order valence-corrected chi connectivity index (χ3v) is 3.42. The molecule has 2 N–H and O–H groups in total. The average molecular weight is 330 g/mol. The van der Waals surface area contributed by atoms with E-state index in [2.05, 4.69) is 15.9 Å². The fourth-order valence-corrected chi connectivity index (χ4v) is 2.21. The normalized spacial score (nSPS) is 12.5. The van der Waals surface area contributed by atoms with E-state index in [-0.39, 0.29) is 16.7 Å². The van der Waals surface area contributed by atoms with Gasteiger partial charge < -0.3 is 5.73 Å². The second-order valence-corrected chi connectivity index (χ2v) is 5.15. The summed E-state index contributed by atoms with van der Waals surface area (Å²) in [4.78, 5) is 0. The predicted octanol–water partition coefficient (Wildman–Crippen LogP) is 4.22. The highest BCUT2D eigenvalue weighted by atomic mass is 79.9. The minimum Gasteiger partial charge on any atom is -0.320 e. The van der Waals surface area contributed by atoms with Crippen molar-refractivity contribution in [3.63, 3.8) is 0 Å². The van der Waals surface area contributed by atoms with Gasteiger partial charge >= 0.3 is 0 Å². The van der Waals surface area contributed by atoms with Gasteiger partial charge in [-0.2, -0.15) is 0 Å². The van der Waals surface area contributed by atoms with Crippen molar-refractivity contribution in [2.45, 2.75) is 13.0 Å². The number of aryl methyl sites for hydroxylation is 1. The molecule has 1 unspecified atom stereocenters. The number of rotatable bonds is 2. The van der Waals surface area contributed by atoms with Crippen LogP contribution in [0.2, 0.25) is 0 Å². The van der Waals surface area contributed by atoms with E-state index in [0.717, 1.165) is 6.07 Å². The Balaban J connectivity index is 2.56. The molecule has 0 bridgehead atoms. The summed E-state index contributed by atoms with van der Waals surface area (Å²) >= 11 is 3.11. The molecule has 0 spiro atoms. The molecular weight excluding hydrogens is 319 g/mol. The van der Waals surface area contributed by atoms with Crippen molar-refractivity contribution >= 4 is 15.9 Å². The molecule has 0 saturated carbocycles. The molecule has 5 heteroatoms. The minimum atomic E-state index is -1.19. The number of nitrogens with two attached hydrogens (primary N) is 1. The summed E-state index contributed by atoms with van der Waals surface area (Å²) < 4.78 is 42.0. The third-order valence-electron chi connectivity index (χ3n) is 2.93. The van der Waals surface area contributed by atoms with Crippen LogP contribution in [0.5, 0.6) is 0 Å². The van der Waals surface area contributed by atoms with Gasteiger partial charge in [0.15, 0.2) is 0 Å². The van der Waals surface area contributed by atoms with Crippen molar-refractivity contribution in [1.82, 2.24) is 0 Å². The van der Waals surface area contributed by atoms with Crippen LogP contribution in [0.1, 0.15) is 22.7 Å². The topological polar surface area (TPSA) is 26.0 Å². The van der Waals surface area contributed by atoms with Crippen LogP contribution in [-0.4, -0.2) is 0 Å². The SMILES string of the molecule is Cc1ccc(F)c(C(N)c2ccc(Br)cc2F)c1F. The average Bonchev–Trinajstić information content (AvgIpc) is 2.34. The number of halogens is 4. The molecular formula is C14H11BrF3N. The van der Waals surface area contributed by atoms with E-state index in [0.29, 0.717) is 4.47 Å². The fourth-order valence-electron chi connectivity index (χ4n) is 1.87. The van der Waals surface area contributed by atoms with Gasteiger partial charge in [-0.25, -0.2) is 13.2 Å². The van der Waals surface area contributed by atoms with Crippen molar-refractivity contribution < 1.29 is 13.2 Å². The van der Waals surface area contributed by atoms with E-state index in [1.807, 2.05) is 0 Å². The standard InChI is InChI=1S/C14H11BrF3N/c1-7-2-5-10(16)12(13(7)18)14(19)9-4-3-8(15)6-11(9)17/h2-6,14H,19H2,1H3. The Kier molecular flexibility index (Phi) is 3.96. The highest BCUT2D eigenvalue weighted by Crippen LogP contribution is 2.29. The highest BCUT2D eigenvalue weighted by molar-refractivity contribution is 9.10. The van der Waals surface area contributed by atoms with Gasteiger partial charge in [0.25, 0.3) is 0 Å². The van der Waals surface area contributed by atoms with E-state index in [1.54, 1.807) is 6.07 Å². The summed E-state index contributed by atoms with van der Waals surface area (Å²) in [6, 6.07) is 5.45. The van der Waals surface area contributed by atoms with Crippen LogP contribution in [-0.2, 0) is 0 Å². The van der Waals surface area contributed by atoms with Gasteiger partial charge in [-0.1, -0.05) is 28.1 Å². The summed E-state index contributed by atoms with van der Waals surface area (Å²) in [6.45, 7) is 1.50. The van der Waals surface area contributed by atoms with Crippen LogP contribution in [0, 0.1) is 24.4 Å². The Morgan fingerprint density at radius 3 is 2.37 bits per heavy atom. The lowest BCUT2D eigenvalue weighted by Gasteiger charge is -2.16. The number of hydrogen-bond donors (Lipinski definition) is 1. The van der Waals surface area contributed by atoms with Crippen molar-refractivity contribution in [3.8, 4) is 0 Å². The van der Waals surface area contributed by atoms with Crippen molar-refractivity contribution in [1.29, 1.82) is 0 Å². The second kappa shape index (κ2) is 5.35. The molecule has 0 aliphatic rings. The molecule has 0 saturated heterocycles. The van der Waals surface area contributed by atoms with Crippen LogP contribution in [0.15, 0.2) is 34.8 Å². The molecule has 0 amide bonds. The van der Waals surface area contributed by atoms with E-state index in [9.17, 15) is 13.2 Å². The summed E-state index contributed by atoms with van der Waals surface area (Å²) in [5, 5.41) is 0. The summed E-state index contributed by atoms with van der Waals surface area (Å²) in [7, 11) is 0. The Bertz CT molecular complexity index is 628. The van der Waals surface area contributed by atoms with E-state index in [1.165, 1.54) is 25.1 Å². The molecule has 0 fully saturated rings. The smallest absolute Gasteiger partial charge is 0.134 e. The first-order valence-corrected chi connectivity index (χ1v) is 6.36. The first-order valence-electron chi connectivity index (χ1n) is 5.57. The lowest BCUT2D eigenvalue weighted by Crippen LogP contribution is -2.17. The van der Waals surface area contributed by atoms with E-state index in [4.69, 9.17) is 5.73 Å². The fraction of sp³-hybridized carbons (Fsp3) is 0.143. The van der Waals surface area contributed by atoms with Crippen LogP contribution >= 0.6 is 15.9 Å². The predicted molar refractivity (Wildman–Crippen MR) is 71.2 cm³/mol. The van der Waals surface area contributed by atoms with Gasteiger partial charge in [0.2, 0.25) is 0 Å². The molecule has 19 heavy (non-hydrogen) atoms. The highest BCUT2D eigenvalue weighted by Gasteiger charge is 2.22. The lowest BCUT2D eigenvalue weighted by molar-refractivity contribution is 0.528. The van der Waals surface area contributed by atoms with Gasteiger partial charge in [-0.3, -0.25) is 0 Å². The van der Waals surface area contributed by atoms with Crippen LogP contribution in [0.4, 0.5) is 13.2 Å². The maximum absolute atomic E-state index is 14.0. The molecule has 100 valence electrons. The number of benzene rings is 2. The van der Waals surface area contributed by atoms with Gasteiger partial charge in [-0.05, 0) is 30.7 Å². The van der Waals surface area contributed by atoms with E-state index < -0.39 is 23.5 Å². The van der Waals surface area contributed by atoms with Crippen molar-refractivity contribution in [2.24, 2.45) is 5.73 Å². The third kappa shape index (κ3) is 2.67. The Morgan fingerprint density at radius 1 is 1.05 bits per heavy atom. The maximum Gasteiger partial charge on any atom is 0.134 e. The van der Waals surface area contributed by atoms with Crippen LogP contribution in [0.25, 0.3) is 0 Å². The lowest BCUT2D eigenvalue weighted by atomic mass is 9.96. The summed E-state index contributed by atoms with van der Waals surface area (Å²) in [6.07, 6.45) is 0. The molecule has 0 radical (unpaired) electrons. The largest absolute Gasteiger partial charge is 0.320 e. The maximum atomic E-state index is 14.0. The van der Waals surface area contributed by atoms with Gasteiger partial charge in [0.1, 0.15) is 17.5 Å². The zero-order valence-corrected chi connectivity index (χ0v) is 11.6. The van der Waals surface area contributed by atoms with E-state index >= 15 is 0 Å². The molecule has 0 aliphatic heterocycles. The zero-order valence-electron chi connectivity index (χ0n) is 10.1. The molecule has 1 atom stereocenters. The van der Waals surface area contributed by atoms with Crippen molar-refractivity contribution in [3.05, 3.63) is 68.9 Å². The Hall–Kier alpha value is -1.33. The molecule has 0 aromatic heterocycles. The van der Waals surface area contributed by atoms with Crippen LogP contribution in [0.3, 0.4) is 0 Å². The quantitative estimate of drug-likeness (QED) is 0.876. The summed E-state index contributed by atoms with van der Waals surface area (Å²) in [5.74, 6) is -2.13. The molecule has 0 heterocycles. The molecule has 2 aromatic rings. The monoisotopic (exact) mass is 329 g/mol. The Morgan fingerprint density at radius 2 is 1.74 bits per heavy atom. The Labute approximate surface area is 117 Å². The van der Waals surface area contributed by atoms with Crippen LogP contribution < -0.4 is 5.73 Å². The summed E-state index contributed by atoms with van der Waals surface area (Å²) in [5.41, 5.74) is 5.80. The molecule has 2 aromatic carbocycles. The molecule has 1 nitrogen and oxygen atoms in total. The van der Waals surface area contributed by atoms with Gasteiger partial charge in [0, 0.05) is 15.6 Å². The first-order chi connectivity index (χ1) is 8.91.